The van der Waals surface area contributed by atoms with Gasteiger partial charge in [-0.05, 0) is 37.0 Å². The van der Waals surface area contributed by atoms with Crippen molar-refractivity contribution >= 4 is 23.2 Å². The Hall–Kier alpha value is -1.06. The number of benzene rings is 1. The molecule has 4 heteroatoms. The summed E-state index contributed by atoms with van der Waals surface area (Å²) in [6.45, 7) is 1.88. The molecule has 0 aromatic heterocycles. The Labute approximate surface area is 106 Å². The van der Waals surface area contributed by atoms with Gasteiger partial charge in [-0.1, -0.05) is 30.5 Å². The Kier molecular flexibility index (Phi) is 3.69. The quantitative estimate of drug-likeness (QED) is 0.866. The predicted molar refractivity (Wildman–Crippen MR) is 70.1 cm³/mol. The average Bonchev–Trinajstić information content (AvgIpc) is 3.08. The van der Waals surface area contributed by atoms with Crippen LogP contribution in [0.2, 0.25) is 5.02 Å². The van der Waals surface area contributed by atoms with Crippen LogP contribution in [0, 0.1) is 12.8 Å². The average molecular weight is 253 g/mol. The molecule has 1 atom stereocenters. The van der Waals surface area contributed by atoms with Gasteiger partial charge in [0.15, 0.2) is 0 Å². The second-order valence-electron chi connectivity index (χ2n) is 4.69. The SMILES string of the molecule is Cc1c(Cl)cccc1NC(=O)[C@@H](N)CC1CC1. The lowest BCUT2D eigenvalue weighted by atomic mass is 10.1. The van der Waals surface area contributed by atoms with Gasteiger partial charge in [0.1, 0.15) is 0 Å². The summed E-state index contributed by atoms with van der Waals surface area (Å²) in [5, 5.41) is 3.49. The van der Waals surface area contributed by atoms with Crippen LogP contribution in [-0.4, -0.2) is 11.9 Å². The minimum absolute atomic E-state index is 0.123. The second-order valence-corrected chi connectivity index (χ2v) is 5.09. The molecule has 92 valence electrons. The summed E-state index contributed by atoms with van der Waals surface area (Å²) < 4.78 is 0. The van der Waals surface area contributed by atoms with Crippen LogP contribution in [0.5, 0.6) is 0 Å². The Bertz CT molecular complexity index is 429. The number of halogens is 1. The highest BCUT2D eigenvalue weighted by atomic mass is 35.5. The van der Waals surface area contributed by atoms with Crippen molar-refractivity contribution in [3.8, 4) is 0 Å². The normalized spacial score (nSPS) is 16.6. The topological polar surface area (TPSA) is 55.1 Å². The van der Waals surface area contributed by atoms with Crippen molar-refractivity contribution in [1.29, 1.82) is 0 Å². The molecule has 0 spiro atoms. The van der Waals surface area contributed by atoms with E-state index in [0.29, 0.717) is 10.9 Å². The second kappa shape index (κ2) is 5.07. The fourth-order valence-corrected chi connectivity index (χ4v) is 1.96. The summed E-state index contributed by atoms with van der Waals surface area (Å²) in [6, 6.07) is 5.04. The van der Waals surface area contributed by atoms with Crippen molar-refractivity contribution in [2.24, 2.45) is 11.7 Å². The Morgan fingerprint density at radius 2 is 2.29 bits per heavy atom. The van der Waals surface area contributed by atoms with Gasteiger partial charge in [-0.3, -0.25) is 4.79 Å². The van der Waals surface area contributed by atoms with Crippen LogP contribution in [0.25, 0.3) is 0 Å². The third kappa shape index (κ3) is 3.20. The number of anilines is 1. The van der Waals surface area contributed by atoms with Gasteiger partial charge in [0.2, 0.25) is 5.91 Å². The van der Waals surface area contributed by atoms with E-state index in [1.54, 1.807) is 6.07 Å². The third-order valence-corrected chi connectivity index (χ3v) is 3.56. The smallest absolute Gasteiger partial charge is 0.241 e. The Morgan fingerprint density at radius 1 is 1.59 bits per heavy atom. The maximum Gasteiger partial charge on any atom is 0.241 e. The van der Waals surface area contributed by atoms with E-state index in [1.165, 1.54) is 12.8 Å². The molecule has 1 amide bonds. The molecule has 0 saturated heterocycles. The first kappa shape index (κ1) is 12.4. The van der Waals surface area contributed by atoms with E-state index in [2.05, 4.69) is 5.32 Å². The molecule has 1 aromatic carbocycles. The number of nitrogens with one attached hydrogen (secondary N) is 1. The predicted octanol–water partition coefficient (Wildman–Crippen LogP) is 2.71. The number of hydrogen-bond acceptors (Lipinski definition) is 2. The van der Waals surface area contributed by atoms with Crippen LogP contribution in [0.4, 0.5) is 5.69 Å². The molecule has 1 saturated carbocycles. The number of nitrogens with two attached hydrogens (primary N) is 1. The van der Waals surface area contributed by atoms with Crippen molar-refractivity contribution in [3.05, 3.63) is 28.8 Å². The van der Waals surface area contributed by atoms with Gasteiger partial charge in [-0.15, -0.1) is 0 Å². The van der Waals surface area contributed by atoms with Crippen LogP contribution in [0.15, 0.2) is 18.2 Å². The lowest BCUT2D eigenvalue weighted by Gasteiger charge is -2.13. The van der Waals surface area contributed by atoms with Gasteiger partial charge in [-0.25, -0.2) is 0 Å². The van der Waals surface area contributed by atoms with Crippen LogP contribution in [-0.2, 0) is 4.79 Å². The van der Waals surface area contributed by atoms with Gasteiger partial charge in [0.25, 0.3) is 0 Å². The Balaban J connectivity index is 1.99. The van der Waals surface area contributed by atoms with Gasteiger partial charge in [0.05, 0.1) is 6.04 Å². The molecule has 1 aromatic rings. The Morgan fingerprint density at radius 3 is 2.94 bits per heavy atom. The number of hydrogen-bond donors (Lipinski definition) is 2. The number of carbonyl (C=O) groups excluding carboxylic acids is 1. The van der Waals surface area contributed by atoms with E-state index in [0.717, 1.165) is 17.7 Å². The molecule has 0 unspecified atom stereocenters. The number of rotatable bonds is 4. The third-order valence-electron chi connectivity index (χ3n) is 3.15. The zero-order valence-corrected chi connectivity index (χ0v) is 10.6. The molecule has 3 nitrogen and oxygen atoms in total. The van der Waals surface area contributed by atoms with E-state index in [9.17, 15) is 4.79 Å². The van der Waals surface area contributed by atoms with Crippen LogP contribution >= 0.6 is 11.6 Å². The highest BCUT2D eigenvalue weighted by Gasteiger charge is 2.27. The summed E-state index contributed by atoms with van der Waals surface area (Å²) in [6.07, 6.45) is 3.19. The molecule has 1 fully saturated rings. The van der Waals surface area contributed by atoms with E-state index >= 15 is 0 Å². The van der Waals surface area contributed by atoms with E-state index in [4.69, 9.17) is 17.3 Å². The van der Waals surface area contributed by atoms with Crippen LogP contribution in [0.1, 0.15) is 24.8 Å². The van der Waals surface area contributed by atoms with Gasteiger partial charge in [0, 0.05) is 10.7 Å². The molecule has 1 aliphatic carbocycles. The monoisotopic (exact) mass is 252 g/mol. The van der Waals surface area contributed by atoms with Crippen LogP contribution < -0.4 is 11.1 Å². The molecule has 3 N–H and O–H groups in total. The lowest BCUT2D eigenvalue weighted by Crippen LogP contribution is -2.36. The number of amides is 1. The van der Waals surface area contributed by atoms with Gasteiger partial charge >= 0.3 is 0 Å². The van der Waals surface area contributed by atoms with Crippen molar-refractivity contribution in [3.63, 3.8) is 0 Å². The minimum Gasteiger partial charge on any atom is -0.324 e. The first-order valence-corrected chi connectivity index (χ1v) is 6.27. The standard InChI is InChI=1S/C13H17ClN2O/c1-8-10(14)3-2-4-12(8)16-13(17)11(15)7-9-5-6-9/h2-4,9,11H,5-7,15H2,1H3,(H,16,17)/t11-/m0/s1. The highest BCUT2D eigenvalue weighted by Crippen LogP contribution is 2.33. The first-order valence-electron chi connectivity index (χ1n) is 5.89. The molecule has 0 aliphatic heterocycles. The number of carbonyl (C=O) groups is 1. The zero-order valence-electron chi connectivity index (χ0n) is 9.87. The maximum atomic E-state index is 11.9. The fourth-order valence-electron chi connectivity index (χ4n) is 1.79. The van der Waals surface area contributed by atoms with Crippen molar-refractivity contribution in [2.45, 2.75) is 32.2 Å². The molecule has 17 heavy (non-hydrogen) atoms. The largest absolute Gasteiger partial charge is 0.324 e. The lowest BCUT2D eigenvalue weighted by molar-refractivity contribution is -0.117. The van der Waals surface area contributed by atoms with Crippen LogP contribution in [0.3, 0.4) is 0 Å². The molecular formula is C13H17ClN2O. The van der Waals surface area contributed by atoms with E-state index < -0.39 is 6.04 Å². The highest BCUT2D eigenvalue weighted by molar-refractivity contribution is 6.31. The van der Waals surface area contributed by atoms with Crippen molar-refractivity contribution < 1.29 is 4.79 Å². The molecule has 2 rings (SSSR count). The van der Waals surface area contributed by atoms with Crippen molar-refractivity contribution in [1.82, 2.24) is 0 Å². The fraction of sp³-hybridized carbons (Fsp3) is 0.462. The maximum absolute atomic E-state index is 11.9. The van der Waals surface area contributed by atoms with E-state index in [-0.39, 0.29) is 5.91 Å². The summed E-state index contributed by atoms with van der Waals surface area (Å²) in [4.78, 5) is 11.9. The van der Waals surface area contributed by atoms with E-state index in [1.807, 2.05) is 19.1 Å². The summed E-state index contributed by atoms with van der Waals surface area (Å²) >= 11 is 5.99. The van der Waals surface area contributed by atoms with Gasteiger partial charge in [-0.2, -0.15) is 0 Å². The molecule has 0 heterocycles. The van der Waals surface area contributed by atoms with Gasteiger partial charge < -0.3 is 11.1 Å². The molecule has 0 radical (unpaired) electrons. The zero-order chi connectivity index (χ0) is 12.4. The molecular weight excluding hydrogens is 236 g/mol. The summed E-state index contributed by atoms with van der Waals surface area (Å²) in [5.41, 5.74) is 7.47. The summed E-state index contributed by atoms with van der Waals surface area (Å²) in [7, 11) is 0. The molecule has 0 bridgehead atoms. The molecule has 1 aliphatic rings. The summed E-state index contributed by atoms with van der Waals surface area (Å²) in [5.74, 6) is 0.526. The van der Waals surface area contributed by atoms with Crippen molar-refractivity contribution in [2.75, 3.05) is 5.32 Å². The minimum atomic E-state index is -0.416. The first-order chi connectivity index (χ1) is 8.08.